The fourth-order valence-corrected chi connectivity index (χ4v) is 7.25. The van der Waals surface area contributed by atoms with Crippen molar-refractivity contribution in [2.45, 2.75) is 29.8 Å². The van der Waals surface area contributed by atoms with Crippen molar-refractivity contribution in [3.8, 4) is 0 Å². The van der Waals surface area contributed by atoms with Crippen LogP contribution in [0.25, 0.3) is 0 Å². The van der Waals surface area contributed by atoms with Gasteiger partial charge in [0.2, 0.25) is 9.84 Å². The van der Waals surface area contributed by atoms with Gasteiger partial charge in [-0.1, -0.05) is 72.3 Å². The molecular weight excluding hydrogens is 534 g/mol. The molecule has 41 heavy (non-hydrogen) atoms. The summed E-state index contributed by atoms with van der Waals surface area (Å²) in [5, 5.41) is 0. The zero-order chi connectivity index (χ0) is 28.6. The van der Waals surface area contributed by atoms with Gasteiger partial charge in [-0.05, 0) is 48.4 Å². The number of hydrogen-bond donors (Lipinski definition) is 0. The lowest BCUT2D eigenvalue weighted by Crippen LogP contribution is -2.48. The van der Waals surface area contributed by atoms with Crippen LogP contribution < -0.4 is 4.90 Å². The third kappa shape index (κ3) is 5.28. The number of carbonyl (C=O) groups excluding carboxylic acids is 2. The average molecular weight is 566 g/mol. The summed E-state index contributed by atoms with van der Waals surface area (Å²) < 4.78 is 27.6. The Kier molecular flexibility index (Phi) is 7.19. The molecule has 2 heterocycles. The van der Waals surface area contributed by atoms with Crippen LogP contribution >= 0.6 is 0 Å². The third-order valence-electron chi connectivity index (χ3n) is 7.77. The van der Waals surface area contributed by atoms with Crippen molar-refractivity contribution in [2.75, 3.05) is 31.1 Å². The second kappa shape index (κ2) is 11.0. The predicted octanol–water partition coefficient (Wildman–Crippen LogP) is 4.95. The van der Waals surface area contributed by atoms with Crippen molar-refractivity contribution in [3.05, 3.63) is 125 Å². The first-order chi connectivity index (χ1) is 19.8. The number of anilines is 1. The minimum atomic E-state index is -4.00. The molecular formula is C33H31N3O4S. The van der Waals surface area contributed by atoms with Crippen molar-refractivity contribution in [2.24, 2.45) is 0 Å². The van der Waals surface area contributed by atoms with Crippen molar-refractivity contribution in [3.63, 3.8) is 0 Å². The predicted molar refractivity (Wildman–Crippen MR) is 158 cm³/mol. The van der Waals surface area contributed by atoms with Crippen LogP contribution in [0, 0.1) is 6.92 Å². The SMILES string of the molecule is Cc1cccc(CN2C(=O)c3ccccc3S(=O)(=O)c3ccc(C(=O)N4CCN(Cc5ccccc5)CC4)cc32)c1. The summed E-state index contributed by atoms with van der Waals surface area (Å²) in [5.74, 6) is -0.585. The van der Waals surface area contributed by atoms with Gasteiger partial charge in [0.05, 0.1) is 27.6 Å². The molecule has 0 aliphatic carbocycles. The Balaban J connectivity index is 1.32. The molecule has 2 aliphatic rings. The summed E-state index contributed by atoms with van der Waals surface area (Å²) >= 11 is 0. The van der Waals surface area contributed by atoms with Crippen LogP contribution in [0.1, 0.15) is 37.4 Å². The first kappa shape index (κ1) is 26.9. The zero-order valence-electron chi connectivity index (χ0n) is 22.9. The lowest BCUT2D eigenvalue weighted by atomic mass is 10.1. The molecule has 1 saturated heterocycles. The molecule has 0 bridgehead atoms. The summed E-state index contributed by atoms with van der Waals surface area (Å²) in [5.41, 5.74) is 3.85. The maximum absolute atomic E-state index is 13.9. The molecule has 6 rings (SSSR count). The smallest absolute Gasteiger partial charge is 0.259 e. The normalized spacial score (nSPS) is 16.6. The van der Waals surface area contributed by atoms with E-state index in [2.05, 4.69) is 17.0 Å². The van der Waals surface area contributed by atoms with Crippen molar-refractivity contribution in [1.82, 2.24) is 9.80 Å². The van der Waals surface area contributed by atoms with Crippen LogP contribution in [0.2, 0.25) is 0 Å². The number of piperazine rings is 1. The molecule has 4 aromatic carbocycles. The molecule has 1 fully saturated rings. The van der Waals surface area contributed by atoms with E-state index >= 15 is 0 Å². The average Bonchev–Trinajstić information content (AvgIpc) is 3.05. The van der Waals surface area contributed by atoms with Gasteiger partial charge in [-0.2, -0.15) is 0 Å². The van der Waals surface area contributed by atoms with E-state index in [-0.39, 0.29) is 33.5 Å². The van der Waals surface area contributed by atoms with Crippen LogP contribution in [0.5, 0.6) is 0 Å². The molecule has 0 radical (unpaired) electrons. The monoisotopic (exact) mass is 565 g/mol. The van der Waals surface area contributed by atoms with E-state index in [1.165, 1.54) is 22.6 Å². The highest BCUT2D eigenvalue weighted by atomic mass is 32.2. The van der Waals surface area contributed by atoms with E-state index in [0.717, 1.165) is 30.8 Å². The Morgan fingerprint density at radius 1 is 0.732 bits per heavy atom. The quantitative estimate of drug-likeness (QED) is 0.342. The standard InChI is InChI=1S/C33H31N3O4S/c1-24-8-7-11-26(20-24)23-36-29-21-27(14-15-31(29)41(39,40)30-13-6-5-12-28(30)33(36)38)32(37)35-18-16-34(17-19-35)22-25-9-3-2-4-10-25/h2-15,20-21H,16-19,22-23H2,1H3. The maximum atomic E-state index is 13.9. The Morgan fingerprint density at radius 2 is 1.44 bits per heavy atom. The number of aryl methyl sites for hydroxylation is 1. The van der Waals surface area contributed by atoms with Crippen LogP contribution in [-0.2, 0) is 22.9 Å². The van der Waals surface area contributed by atoms with Gasteiger partial charge in [0.25, 0.3) is 11.8 Å². The molecule has 0 N–H and O–H groups in total. The van der Waals surface area contributed by atoms with E-state index in [1.807, 2.05) is 49.4 Å². The number of sulfone groups is 1. The largest absolute Gasteiger partial charge is 0.336 e. The molecule has 0 spiro atoms. The van der Waals surface area contributed by atoms with E-state index in [9.17, 15) is 18.0 Å². The first-order valence-corrected chi connectivity index (χ1v) is 15.2. The lowest BCUT2D eigenvalue weighted by Gasteiger charge is -2.35. The third-order valence-corrected chi connectivity index (χ3v) is 9.63. The lowest BCUT2D eigenvalue weighted by molar-refractivity contribution is 0.0628. The summed E-state index contributed by atoms with van der Waals surface area (Å²) in [4.78, 5) is 33.2. The minimum absolute atomic E-state index is 0.0210. The zero-order valence-corrected chi connectivity index (χ0v) is 23.7. The van der Waals surface area contributed by atoms with Crippen molar-refractivity contribution in [1.29, 1.82) is 0 Å². The van der Waals surface area contributed by atoms with Gasteiger partial charge in [0, 0.05) is 38.3 Å². The highest BCUT2D eigenvalue weighted by molar-refractivity contribution is 7.91. The van der Waals surface area contributed by atoms with E-state index in [0.29, 0.717) is 18.7 Å². The molecule has 208 valence electrons. The fourth-order valence-electron chi connectivity index (χ4n) is 5.62. The minimum Gasteiger partial charge on any atom is -0.336 e. The number of rotatable bonds is 5. The second-order valence-electron chi connectivity index (χ2n) is 10.6. The number of benzene rings is 4. The van der Waals surface area contributed by atoms with Gasteiger partial charge in [0.1, 0.15) is 0 Å². The van der Waals surface area contributed by atoms with Crippen LogP contribution in [0.15, 0.2) is 107 Å². The van der Waals surface area contributed by atoms with Crippen LogP contribution in [0.4, 0.5) is 5.69 Å². The fraction of sp³-hybridized carbons (Fsp3) is 0.212. The summed E-state index contributed by atoms with van der Waals surface area (Å²) in [7, 11) is -4.00. The van der Waals surface area contributed by atoms with Crippen molar-refractivity contribution >= 4 is 27.3 Å². The molecule has 7 nitrogen and oxygen atoms in total. The summed E-state index contributed by atoms with van der Waals surface area (Å²) in [6.45, 7) is 5.60. The Hall–Kier alpha value is -4.27. The highest BCUT2D eigenvalue weighted by Gasteiger charge is 2.36. The second-order valence-corrected chi connectivity index (χ2v) is 12.5. The van der Waals surface area contributed by atoms with Crippen LogP contribution in [-0.4, -0.2) is 56.2 Å². The van der Waals surface area contributed by atoms with Gasteiger partial charge in [-0.15, -0.1) is 0 Å². The number of hydrogen-bond acceptors (Lipinski definition) is 5. The molecule has 2 amide bonds. The maximum Gasteiger partial charge on any atom is 0.259 e. The molecule has 0 saturated carbocycles. The van der Waals surface area contributed by atoms with Crippen molar-refractivity contribution < 1.29 is 18.0 Å². The number of amides is 2. The highest BCUT2D eigenvalue weighted by Crippen LogP contribution is 2.38. The van der Waals surface area contributed by atoms with Gasteiger partial charge in [-0.25, -0.2) is 8.42 Å². The molecule has 0 unspecified atom stereocenters. The van der Waals surface area contributed by atoms with Gasteiger partial charge < -0.3 is 9.80 Å². The Labute approximate surface area is 240 Å². The van der Waals surface area contributed by atoms with Crippen LogP contribution in [0.3, 0.4) is 0 Å². The van der Waals surface area contributed by atoms with E-state index in [1.54, 1.807) is 35.2 Å². The van der Waals surface area contributed by atoms with E-state index in [4.69, 9.17) is 0 Å². The molecule has 4 aromatic rings. The molecule has 0 aromatic heterocycles. The number of nitrogens with zero attached hydrogens (tertiary/aromatic N) is 3. The Bertz CT molecular complexity index is 1730. The molecule has 2 aliphatic heterocycles. The van der Waals surface area contributed by atoms with Gasteiger partial charge in [-0.3, -0.25) is 14.5 Å². The van der Waals surface area contributed by atoms with E-state index < -0.39 is 15.7 Å². The Morgan fingerprint density at radius 3 is 2.20 bits per heavy atom. The molecule has 0 atom stereocenters. The van der Waals surface area contributed by atoms with Gasteiger partial charge >= 0.3 is 0 Å². The summed E-state index contributed by atoms with van der Waals surface area (Å²) in [6, 6.07) is 28.9. The topological polar surface area (TPSA) is 78.0 Å². The first-order valence-electron chi connectivity index (χ1n) is 13.7. The van der Waals surface area contributed by atoms with Gasteiger partial charge in [0.15, 0.2) is 0 Å². The number of carbonyl (C=O) groups is 2. The number of fused-ring (bicyclic) bond motifs is 2. The molecule has 8 heteroatoms. The summed E-state index contributed by atoms with van der Waals surface area (Å²) in [6.07, 6.45) is 0.